The number of nitrogens with one attached hydrogen (secondary N) is 1. The lowest BCUT2D eigenvalue weighted by Gasteiger charge is -2.34. The molecular formula is C36H36F2N6O3. The van der Waals surface area contributed by atoms with E-state index < -0.39 is 11.6 Å². The van der Waals surface area contributed by atoms with Crippen LogP contribution in [0.5, 0.6) is 11.8 Å². The number of fused-ring (bicyclic) bond motifs is 5. The fraction of sp³-hybridized carbons (Fsp3) is 0.417. The maximum atomic E-state index is 16.9. The van der Waals surface area contributed by atoms with Crippen molar-refractivity contribution in [2.45, 2.75) is 49.7 Å². The van der Waals surface area contributed by atoms with E-state index in [1.165, 1.54) is 29.8 Å². The summed E-state index contributed by atoms with van der Waals surface area (Å²) in [6.45, 7) is 4.25. The number of rotatable bonds is 7. The standard InChI is InChI=1S/C36H36F2N6O3/c1-3-26-29(37)8-5-22-13-25(45)14-27(30(22)26)32-31(38)33-28(16-39-32)34(43-18-23-6-7-24(19-43)40-23)42-35(41-33)47-20-36-10-4-11-44(36)17-21(15-36)9-12-46-2/h1,5,8-9,13-14,16,23-24,40,45H,4,6-7,10-12,15,17-20H2,2H3/b21-9-/t23-,24+,36?. The van der Waals surface area contributed by atoms with Gasteiger partial charge in [0.25, 0.3) is 0 Å². The summed E-state index contributed by atoms with van der Waals surface area (Å²) in [4.78, 5) is 18.7. The van der Waals surface area contributed by atoms with Crippen molar-refractivity contribution in [3.63, 3.8) is 0 Å². The van der Waals surface area contributed by atoms with Gasteiger partial charge in [-0.25, -0.2) is 8.78 Å². The van der Waals surface area contributed by atoms with Crippen LogP contribution in [-0.4, -0.2) is 89.1 Å². The van der Waals surface area contributed by atoms with Gasteiger partial charge < -0.3 is 24.8 Å². The second-order valence-corrected chi connectivity index (χ2v) is 13.2. The number of phenolic OH excluding ortho intramolecular Hbond substituents is 1. The number of anilines is 1. The average Bonchev–Trinajstić information content (AvgIpc) is 3.73. The molecule has 4 saturated heterocycles. The molecule has 1 unspecified atom stereocenters. The number of ether oxygens (including phenoxy) is 2. The molecule has 0 radical (unpaired) electrons. The van der Waals surface area contributed by atoms with Gasteiger partial charge in [-0.05, 0) is 62.2 Å². The van der Waals surface area contributed by atoms with Crippen LogP contribution in [0.2, 0.25) is 0 Å². The van der Waals surface area contributed by atoms with Crippen molar-refractivity contribution >= 4 is 27.5 Å². The third-order valence-corrected chi connectivity index (χ3v) is 10.3. The molecule has 4 aliphatic heterocycles. The van der Waals surface area contributed by atoms with E-state index in [0.717, 1.165) is 58.3 Å². The third-order valence-electron chi connectivity index (χ3n) is 10.3. The van der Waals surface area contributed by atoms with Gasteiger partial charge in [0.05, 0.1) is 23.1 Å². The van der Waals surface area contributed by atoms with Crippen molar-refractivity contribution in [3.05, 3.63) is 59.3 Å². The van der Waals surface area contributed by atoms with Crippen molar-refractivity contribution in [2.75, 3.05) is 51.4 Å². The number of nitrogens with zero attached hydrogens (tertiary/aromatic N) is 5. The molecule has 4 fully saturated rings. The molecule has 0 amide bonds. The molecule has 2 N–H and O–H groups in total. The molecule has 4 aromatic rings. The average molecular weight is 639 g/mol. The minimum Gasteiger partial charge on any atom is -0.508 e. The van der Waals surface area contributed by atoms with E-state index in [1.807, 2.05) is 0 Å². The highest BCUT2D eigenvalue weighted by Crippen LogP contribution is 2.43. The van der Waals surface area contributed by atoms with Crippen LogP contribution >= 0.6 is 0 Å². The second-order valence-electron chi connectivity index (χ2n) is 13.2. The molecule has 242 valence electrons. The van der Waals surface area contributed by atoms with E-state index in [4.69, 9.17) is 20.9 Å². The van der Waals surface area contributed by atoms with Crippen LogP contribution in [0.4, 0.5) is 14.6 Å². The number of pyridine rings is 1. The molecule has 0 saturated carbocycles. The molecule has 2 aromatic carbocycles. The van der Waals surface area contributed by atoms with E-state index in [1.54, 1.807) is 13.3 Å². The quantitative estimate of drug-likeness (QED) is 0.216. The molecule has 47 heavy (non-hydrogen) atoms. The molecule has 0 spiro atoms. The molecule has 6 heterocycles. The van der Waals surface area contributed by atoms with Gasteiger partial charge >= 0.3 is 6.01 Å². The highest BCUT2D eigenvalue weighted by Gasteiger charge is 2.47. The number of methoxy groups -OCH3 is 1. The summed E-state index contributed by atoms with van der Waals surface area (Å²) < 4.78 is 43.4. The van der Waals surface area contributed by atoms with E-state index in [0.29, 0.717) is 47.3 Å². The van der Waals surface area contributed by atoms with Gasteiger partial charge in [0, 0.05) is 56.0 Å². The topological polar surface area (TPSA) is 95.9 Å². The monoisotopic (exact) mass is 638 g/mol. The Balaban J connectivity index is 1.24. The van der Waals surface area contributed by atoms with Gasteiger partial charge in [0.1, 0.15) is 35.2 Å². The summed E-state index contributed by atoms with van der Waals surface area (Å²) in [7, 11) is 1.69. The zero-order valence-electron chi connectivity index (χ0n) is 26.2. The van der Waals surface area contributed by atoms with Gasteiger partial charge in [-0.1, -0.05) is 23.6 Å². The van der Waals surface area contributed by atoms with Gasteiger partial charge in [0.15, 0.2) is 5.82 Å². The van der Waals surface area contributed by atoms with Crippen molar-refractivity contribution in [1.29, 1.82) is 0 Å². The molecule has 2 aromatic heterocycles. The third kappa shape index (κ3) is 5.15. The van der Waals surface area contributed by atoms with Crippen molar-refractivity contribution in [3.8, 4) is 35.4 Å². The minimum atomic E-state index is -0.723. The highest BCUT2D eigenvalue weighted by molar-refractivity contribution is 6.03. The molecular weight excluding hydrogens is 602 g/mol. The molecule has 0 aliphatic carbocycles. The summed E-state index contributed by atoms with van der Waals surface area (Å²) in [6.07, 6.45) is 14.5. The number of halogens is 2. The van der Waals surface area contributed by atoms with E-state index in [2.05, 4.69) is 37.1 Å². The largest absolute Gasteiger partial charge is 0.508 e. The van der Waals surface area contributed by atoms with Crippen LogP contribution in [0.3, 0.4) is 0 Å². The fourth-order valence-electron chi connectivity index (χ4n) is 8.15. The van der Waals surface area contributed by atoms with E-state index in [9.17, 15) is 9.50 Å². The van der Waals surface area contributed by atoms with Crippen molar-refractivity contribution in [2.24, 2.45) is 0 Å². The van der Waals surface area contributed by atoms with Crippen molar-refractivity contribution in [1.82, 2.24) is 25.2 Å². The van der Waals surface area contributed by atoms with Crippen LogP contribution in [0.15, 0.2) is 42.1 Å². The Morgan fingerprint density at radius 1 is 1.19 bits per heavy atom. The number of aromatic nitrogens is 3. The number of piperazine rings is 1. The molecule has 2 bridgehead atoms. The normalized spacial score (nSPS) is 24.8. The Bertz CT molecular complexity index is 1970. The van der Waals surface area contributed by atoms with Gasteiger partial charge in [0.2, 0.25) is 0 Å². The maximum absolute atomic E-state index is 16.9. The van der Waals surface area contributed by atoms with E-state index in [-0.39, 0.29) is 39.6 Å². The van der Waals surface area contributed by atoms with Gasteiger partial charge in [-0.15, -0.1) is 6.42 Å². The smallest absolute Gasteiger partial charge is 0.319 e. The van der Waals surface area contributed by atoms with Crippen LogP contribution in [0.25, 0.3) is 32.9 Å². The lowest BCUT2D eigenvalue weighted by atomic mass is 9.93. The summed E-state index contributed by atoms with van der Waals surface area (Å²) >= 11 is 0. The van der Waals surface area contributed by atoms with Crippen LogP contribution in [0, 0.1) is 24.0 Å². The first-order valence-corrected chi connectivity index (χ1v) is 16.2. The molecule has 11 heteroatoms. The van der Waals surface area contributed by atoms with Gasteiger partial charge in [-0.3, -0.25) is 9.88 Å². The predicted molar refractivity (Wildman–Crippen MR) is 176 cm³/mol. The number of terminal acetylenes is 1. The molecule has 4 aliphatic rings. The number of benzene rings is 2. The number of hydrogen-bond acceptors (Lipinski definition) is 9. The Morgan fingerprint density at radius 3 is 2.81 bits per heavy atom. The summed E-state index contributed by atoms with van der Waals surface area (Å²) in [5.41, 5.74) is 1.25. The van der Waals surface area contributed by atoms with Crippen LogP contribution in [-0.2, 0) is 4.74 Å². The Hall–Kier alpha value is -4.37. The first kappa shape index (κ1) is 30.0. The lowest BCUT2D eigenvalue weighted by Crippen LogP contribution is -2.51. The number of hydrogen-bond donors (Lipinski definition) is 2. The van der Waals surface area contributed by atoms with Gasteiger partial charge in [-0.2, -0.15) is 9.97 Å². The molecule has 8 rings (SSSR count). The Kier molecular flexibility index (Phi) is 7.47. The predicted octanol–water partition coefficient (Wildman–Crippen LogP) is 4.94. The summed E-state index contributed by atoms with van der Waals surface area (Å²) in [5, 5.41) is 15.4. The summed E-state index contributed by atoms with van der Waals surface area (Å²) in [5.74, 6) is 1.51. The zero-order valence-corrected chi connectivity index (χ0v) is 26.2. The highest BCUT2D eigenvalue weighted by atomic mass is 19.1. The summed E-state index contributed by atoms with van der Waals surface area (Å²) in [6, 6.07) is 6.30. The lowest BCUT2D eigenvalue weighted by molar-refractivity contribution is 0.108. The first-order chi connectivity index (χ1) is 22.9. The maximum Gasteiger partial charge on any atom is 0.319 e. The first-order valence-electron chi connectivity index (χ1n) is 16.2. The number of aromatic hydroxyl groups is 1. The minimum absolute atomic E-state index is 0.0293. The van der Waals surface area contributed by atoms with E-state index >= 15 is 4.39 Å². The number of phenols is 1. The SMILES string of the molecule is C#Cc1c(F)ccc2cc(O)cc(-c3ncc4c(N5C[C@H]6CC[C@@H](C5)N6)nc(OCC56CCCN5C/C(=C\COC)C6)nc4c3F)c12. The fourth-order valence-corrected chi connectivity index (χ4v) is 8.15. The molecule has 9 nitrogen and oxygen atoms in total. The Labute approximate surface area is 271 Å². The second kappa shape index (κ2) is 11.7. The van der Waals surface area contributed by atoms with Crippen LogP contribution in [0.1, 0.15) is 37.7 Å². The van der Waals surface area contributed by atoms with Crippen LogP contribution < -0.4 is 15.0 Å². The molecule has 3 atom stereocenters. The zero-order chi connectivity index (χ0) is 32.3. The van der Waals surface area contributed by atoms with Crippen molar-refractivity contribution < 1.29 is 23.4 Å². The Morgan fingerprint density at radius 2 is 2.02 bits per heavy atom.